The molecule has 33 heavy (non-hydrogen) atoms. The molecule has 1 rings (SSSR count). The predicted molar refractivity (Wildman–Crippen MR) is 141 cm³/mol. The van der Waals surface area contributed by atoms with Crippen molar-refractivity contribution in [2.45, 2.75) is 167 Å². The molecular weight excluding hydrogens is 410 g/mol. The summed E-state index contributed by atoms with van der Waals surface area (Å²) in [4.78, 5) is 14.6. The van der Waals surface area contributed by atoms with Crippen LogP contribution in [0.1, 0.15) is 150 Å². The second-order valence-corrected chi connectivity index (χ2v) is 11.8. The molecule has 196 valence electrons. The Balaban J connectivity index is 1.94. The van der Waals surface area contributed by atoms with Crippen LogP contribution in [0, 0.1) is 0 Å². The first-order valence-electron chi connectivity index (χ1n) is 14.3. The number of rotatable bonds is 19. The lowest BCUT2D eigenvalue weighted by Crippen LogP contribution is -2.63. The first-order valence-corrected chi connectivity index (χ1v) is 14.3. The zero-order valence-electron chi connectivity index (χ0n) is 22.9. The standard InChI is InChI=1S/C29H57NO3/c1-6-7-8-9-10-11-12-13-14-15-16-17-18-19-20-21-22-33-27(32)25-30-28(2,3)23-26(31)24-29(30,4)5/h26,31H,6-25H2,1-5H3. The number of nitrogens with zero attached hydrogens (tertiary/aromatic N) is 1. The molecule has 4 nitrogen and oxygen atoms in total. The third-order valence-electron chi connectivity index (χ3n) is 7.48. The van der Waals surface area contributed by atoms with Crippen molar-refractivity contribution in [1.82, 2.24) is 4.90 Å². The normalized spacial score (nSPS) is 18.5. The topological polar surface area (TPSA) is 49.8 Å². The number of aliphatic hydroxyl groups is 1. The van der Waals surface area contributed by atoms with Gasteiger partial charge in [-0.3, -0.25) is 9.69 Å². The van der Waals surface area contributed by atoms with Gasteiger partial charge in [-0.15, -0.1) is 0 Å². The molecule has 1 N–H and O–H groups in total. The zero-order valence-corrected chi connectivity index (χ0v) is 22.9. The van der Waals surface area contributed by atoms with Gasteiger partial charge in [0.05, 0.1) is 19.3 Å². The van der Waals surface area contributed by atoms with E-state index >= 15 is 0 Å². The van der Waals surface area contributed by atoms with E-state index in [1.165, 1.54) is 89.9 Å². The van der Waals surface area contributed by atoms with Crippen molar-refractivity contribution in [1.29, 1.82) is 0 Å². The SMILES string of the molecule is CCCCCCCCCCCCCCCCCCOC(=O)CN1C(C)(C)CC(O)CC1(C)C. The molecule has 0 unspecified atom stereocenters. The Morgan fingerprint density at radius 3 is 1.48 bits per heavy atom. The Bertz CT molecular complexity index is 485. The van der Waals surface area contributed by atoms with Crippen molar-refractivity contribution in [3.05, 3.63) is 0 Å². The maximum absolute atomic E-state index is 12.4. The third-order valence-corrected chi connectivity index (χ3v) is 7.48. The summed E-state index contributed by atoms with van der Waals surface area (Å²) in [5.41, 5.74) is -0.400. The molecule has 1 fully saturated rings. The number of aliphatic hydroxyl groups excluding tert-OH is 1. The molecule has 0 aromatic rings. The van der Waals surface area contributed by atoms with E-state index in [1.54, 1.807) is 0 Å². The van der Waals surface area contributed by atoms with Crippen LogP contribution in [-0.4, -0.2) is 46.3 Å². The van der Waals surface area contributed by atoms with Gasteiger partial charge in [-0.25, -0.2) is 0 Å². The highest BCUT2D eigenvalue weighted by Crippen LogP contribution is 2.38. The minimum atomic E-state index is -0.299. The van der Waals surface area contributed by atoms with E-state index in [-0.39, 0.29) is 23.2 Å². The average Bonchev–Trinajstić information content (AvgIpc) is 2.72. The molecule has 4 heteroatoms. The van der Waals surface area contributed by atoms with Gasteiger partial charge in [0.2, 0.25) is 0 Å². The molecule has 1 aliphatic heterocycles. The number of hydrogen-bond acceptors (Lipinski definition) is 4. The van der Waals surface area contributed by atoms with Crippen LogP contribution in [0.4, 0.5) is 0 Å². The van der Waals surface area contributed by atoms with Gasteiger partial charge in [-0.1, -0.05) is 103 Å². The molecule has 0 radical (unpaired) electrons. The lowest BCUT2D eigenvalue weighted by molar-refractivity contribution is -0.154. The van der Waals surface area contributed by atoms with Crippen molar-refractivity contribution in [3.8, 4) is 0 Å². The molecule has 0 amide bonds. The number of carbonyl (C=O) groups is 1. The molecular formula is C29H57NO3. The van der Waals surface area contributed by atoms with Crippen LogP contribution in [0.2, 0.25) is 0 Å². The van der Waals surface area contributed by atoms with Gasteiger partial charge in [0.15, 0.2) is 0 Å². The number of ether oxygens (including phenoxy) is 1. The number of unbranched alkanes of at least 4 members (excludes halogenated alkanes) is 15. The van der Waals surface area contributed by atoms with Crippen LogP contribution in [-0.2, 0) is 9.53 Å². The molecule has 1 aliphatic rings. The van der Waals surface area contributed by atoms with Crippen LogP contribution in [0.25, 0.3) is 0 Å². The summed E-state index contributed by atoms with van der Waals surface area (Å²) in [6, 6.07) is 0. The lowest BCUT2D eigenvalue weighted by atomic mass is 9.78. The maximum Gasteiger partial charge on any atom is 0.320 e. The van der Waals surface area contributed by atoms with Crippen molar-refractivity contribution in [2.75, 3.05) is 13.2 Å². The fourth-order valence-electron chi connectivity index (χ4n) is 5.70. The minimum Gasteiger partial charge on any atom is -0.465 e. The number of likely N-dealkylation sites (tertiary alicyclic amines) is 1. The predicted octanol–water partition coefficient (Wildman–Crippen LogP) is 7.81. The van der Waals surface area contributed by atoms with Gasteiger partial charge < -0.3 is 9.84 Å². The smallest absolute Gasteiger partial charge is 0.320 e. The first-order chi connectivity index (χ1) is 15.7. The number of piperidine rings is 1. The van der Waals surface area contributed by atoms with Crippen molar-refractivity contribution in [2.24, 2.45) is 0 Å². The van der Waals surface area contributed by atoms with E-state index in [9.17, 15) is 9.90 Å². The van der Waals surface area contributed by atoms with E-state index in [2.05, 4.69) is 39.5 Å². The molecule has 1 heterocycles. The van der Waals surface area contributed by atoms with E-state index in [0.717, 1.165) is 12.8 Å². The first kappa shape index (κ1) is 30.4. The van der Waals surface area contributed by atoms with Gasteiger partial charge in [0.25, 0.3) is 0 Å². The summed E-state index contributed by atoms with van der Waals surface area (Å²) in [6.45, 7) is 11.6. The molecule has 0 aromatic heterocycles. The summed E-state index contributed by atoms with van der Waals surface area (Å²) in [5.74, 6) is -0.131. The average molecular weight is 468 g/mol. The van der Waals surface area contributed by atoms with Crippen molar-refractivity contribution >= 4 is 5.97 Å². The van der Waals surface area contributed by atoms with Crippen LogP contribution >= 0.6 is 0 Å². The van der Waals surface area contributed by atoms with Crippen LogP contribution in [0.3, 0.4) is 0 Å². The molecule has 0 aliphatic carbocycles. The van der Waals surface area contributed by atoms with Crippen LogP contribution in [0.15, 0.2) is 0 Å². The van der Waals surface area contributed by atoms with Gasteiger partial charge in [0, 0.05) is 11.1 Å². The van der Waals surface area contributed by atoms with Crippen LogP contribution < -0.4 is 0 Å². The van der Waals surface area contributed by atoms with Gasteiger partial charge >= 0.3 is 5.97 Å². The van der Waals surface area contributed by atoms with Crippen molar-refractivity contribution < 1.29 is 14.6 Å². The molecule has 1 saturated heterocycles. The summed E-state index contributed by atoms with van der Waals surface area (Å²) < 4.78 is 5.53. The highest BCUT2D eigenvalue weighted by atomic mass is 16.5. The highest BCUT2D eigenvalue weighted by Gasteiger charge is 2.45. The Labute approximate surface area is 206 Å². The van der Waals surface area contributed by atoms with Gasteiger partial charge in [-0.05, 0) is 47.0 Å². The Kier molecular flexibility index (Phi) is 15.6. The number of carbonyl (C=O) groups excluding carboxylic acids is 1. The fraction of sp³-hybridized carbons (Fsp3) is 0.966. The van der Waals surface area contributed by atoms with E-state index in [0.29, 0.717) is 26.0 Å². The van der Waals surface area contributed by atoms with Crippen molar-refractivity contribution in [3.63, 3.8) is 0 Å². The lowest BCUT2D eigenvalue weighted by Gasteiger charge is -2.53. The molecule has 0 atom stereocenters. The minimum absolute atomic E-state index is 0.131. The fourth-order valence-corrected chi connectivity index (χ4v) is 5.70. The third kappa shape index (κ3) is 13.8. The maximum atomic E-state index is 12.4. The summed E-state index contributed by atoms with van der Waals surface area (Å²) in [7, 11) is 0. The zero-order chi connectivity index (χ0) is 24.6. The molecule has 0 bridgehead atoms. The van der Waals surface area contributed by atoms with Gasteiger partial charge in [-0.2, -0.15) is 0 Å². The second kappa shape index (κ2) is 16.9. The quantitative estimate of drug-likeness (QED) is 0.155. The summed E-state index contributed by atoms with van der Waals surface area (Å²) >= 11 is 0. The summed E-state index contributed by atoms with van der Waals surface area (Å²) in [5, 5.41) is 10.2. The monoisotopic (exact) mass is 467 g/mol. The van der Waals surface area contributed by atoms with Gasteiger partial charge in [0.1, 0.15) is 0 Å². The molecule has 0 spiro atoms. The van der Waals surface area contributed by atoms with Crippen LogP contribution in [0.5, 0.6) is 0 Å². The Morgan fingerprint density at radius 1 is 0.727 bits per heavy atom. The largest absolute Gasteiger partial charge is 0.465 e. The second-order valence-electron chi connectivity index (χ2n) is 11.8. The molecule has 0 saturated carbocycles. The summed E-state index contributed by atoms with van der Waals surface area (Å²) in [6.07, 6.45) is 22.7. The Morgan fingerprint density at radius 2 is 1.09 bits per heavy atom. The Hall–Kier alpha value is -0.610. The molecule has 0 aromatic carbocycles. The van der Waals surface area contributed by atoms with E-state index < -0.39 is 0 Å². The highest BCUT2D eigenvalue weighted by molar-refractivity contribution is 5.72. The number of esters is 1. The van der Waals surface area contributed by atoms with E-state index in [4.69, 9.17) is 4.74 Å². The number of hydrogen-bond donors (Lipinski definition) is 1. The van der Waals surface area contributed by atoms with E-state index in [1.807, 2.05) is 0 Å².